The van der Waals surface area contributed by atoms with Crippen molar-refractivity contribution >= 4 is 80.5 Å². The number of hydrogen-bond acceptors (Lipinski definition) is 15. The molecule has 18 nitrogen and oxygen atoms in total. The number of imide groups is 1. The molecule has 0 spiro atoms. The van der Waals surface area contributed by atoms with Crippen molar-refractivity contribution in [3.8, 4) is 5.75 Å². The number of carbonyl (C=O) groups excluding carboxylic acids is 7. The highest BCUT2D eigenvalue weighted by Crippen LogP contribution is 2.49. The summed E-state index contributed by atoms with van der Waals surface area (Å²) < 4.78 is 29.1. The molecule has 4 aliphatic rings. The van der Waals surface area contributed by atoms with Crippen molar-refractivity contribution in [2.75, 3.05) is 52.1 Å². The van der Waals surface area contributed by atoms with Gasteiger partial charge in [0, 0.05) is 82.1 Å². The van der Waals surface area contributed by atoms with Crippen molar-refractivity contribution in [2.24, 2.45) is 5.92 Å². The lowest BCUT2D eigenvalue weighted by atomic mass is 9.83. The maximum Gasteiger partial charge on any atom is 0.409 e. The topological polar surface area (TPSA) is 223 Å². The Kier molecular flexibility index (Phi) is 18.9. The van der Waals surface area contributed by atoms with Crippen LogP contribution in [-0.4, -0.2) is 150 Å². The van der Waals surface area contributed by atoms with E-state index in [2.05, 4.69) is 10.6 Å². The third kappa shape index (κ3) is 14.1. The first kappa shape index (κ1) is 55.3. The first-order valence-electron chi connectivity index (χ1n) is 22.9. The largest absolute Gasteiger partial charge is 0.495 e. The van der Waals surface area contributed by atoms with Gasteiger partial charge in [-0.25, -0.2) is 9.59 Å². The van der Waals surface area contributed by atoms with E-state index in [0.29, 0.717) is 36.5 Å². The minimum absolute atomic E-state index is 0.0804. The van der Waals surface area contributed by atoms with Crippen molar-refractivity contribution in [2.45, 2.75) is 133 Å². The molecule has 0 aliphatic carbocycles. The molecule has 3 N–H and O–H groups in total. The van der Waals surface area contributed by atoms with E-state index < -0.39 is 77.5 Å². The van der Waals surface area contributed by atoms with E-state index in [1.807, 2.05) is 26.8 Å². The van der Waals surface area contributed by atoms with E-state index in [9.17, 15) is 38.7 Å². The molecule has 69 heavy (non-hydrogen) atoms. The Morgan fingerprint density at radius 3 is 2.49 bits per heavy atom. The van der Waals surface area contributed by atoms with Gasteiger partial charge in [-0.1, -0.05) is 63.9 Å². The van der Waals surface area contributed by atoms with Gasteiger partial charge in [0.15, 0.2) is 5.72 Å². The second-order valence-electron chi connectivity index (χ2n) is 18.7. The first-order chi connectivity index (χ1) is 32.4. The number of aliphatic hydroxyl groups is 1. The molecule has 0 saturated carbocycles. The third-order valence-electron chi connectivity index (χ3n) is 12.9. The number of amides is 6. The van der Waals surface area contributed by atoms with Crippen molar-refractivity contribution < 1.29 is 62.4 Å². The number of halogens is 1. The zero-order chi connectivity index (χ0) is 51.0. The molecule has 0 radical (unpaired) electrons. The zero-order valence-electron chi connectivity index (χ0n) is 41.0. The van der Waals surface area contributed by atoms with Gasteiger partial charge in [0.05, 0.1) is 25.3 Å². The Hall–Kier alpha value is -4.60. The molecule has 380 valence electrons. The molecule has 6 amide bonds. The number of likely N-dealkylation sites (N-methyl/N-ethyl adjacent to an activating group) is 1. The summed E-state index contributed by atoms with van der Waals surface area (Å²) in [6.07, 6.45) is 4.51. The fraction of sp³-hybridized carbons (Fsp3) is 0.604. The molecule has 0 aromatic heterocycles. The smallest absolute Gasteiger partial charge is 0.409 e. The fourth-order valence-electron chi connectivity index (χ4n) is 8.38. The number of allylic oxidation sites excluding steroid dienone is 3. The van der Waals surface area contributed by atoms with Crippen LogP contribution >= 0.6 is 33.2 Å². The van der Waals surface area contributed by atoms with E-state index in [0.717, 1.165) is 16.0 Å². The number of epoxide rings is 1. The number of rotatable bonds is 17. The molecule has 4 aliphatic heterocycles. The first-order valence-corrected chi connectivity index (χ1v) is 25.6. The molecular formula is C48H66ClN5O13S2. The third-order valence-corrected chi connectivity index (χ3v) is 16.8. The van der Waals surface area contributed by atoms with Gasteiger partial charge < -0.3 is 43.9 Å². The van der Waals surface area contributed by atoms with Gasteiger partial charge in [-0.2, -0.15) is 0 Å². The van der Waals surface area contributed by atoms with Gasteiger partial charge in [-0.3, -0.25) is 34.2 Å². The summed E-state index contributed by atoms with van der Waals surface area (Å²) in [6, 6.07) is 2.50. The van der Waals surface area contributed by atoms with E-state index in [-0.39, 0.29) is 60.4 Å². The van der Waals surface area contributed by atoms with Crippen molar-refractivity contribution in [1.82, 2.24) is 20.4 Å². The van der Waals surface area contributed by atoms with Crippen LogP contribution in [0.5, 0.6) is 5.75 Å². The van der Waals surface area contributed by atoms with Crippen LogP contribution in [0.4, 0.5) is 10.5 Å². The summed E-state index contributed by atoms with van der Waals surface area (Å²) in [6.45, 7) is 11.3. The maximum absolute atomic E-state index is 14.3. The number of carbonyl (C=O) groups is 7. The van der Waals surface area contributed by atoms with Crippen LogP contribution in [0.1, 0.15) is 85.6 Å². The van der Waals surface area contributed by atoms with E-state index >= 15 is 0 Å². The molecule has 4 heterocycles. The second-order valence-corrected chi connectivity index (χ2v) is 22.2. The lowest BCUT2D eigenvalue weighted by Gasteiger charge is -2.42. The van der Waals surface area contributed by atoms with E-state index in [4.69, 9.17) is 35.3 Å². The number of alkyl carbamates (subject to hydrolysis) is 1. The minimum atomic E-state index is -1.86. The average Bonchev–Trinajstić information content (AvgIpc) is 3.90. The van der Waals surface area contributed by atoms with Crippen LogP contribution in [0.3, 0.4) is 0 Å². The Morgan fingerprint density at radius 1 is 1.13 bits per heavy atom. The highest BCUT2D eigenvalue weighted by Gasteiger charge is 2.64. The lowest BCUT2D eigenvalue weighted by molar-refractivity contribution is -0.162. The summed E-state index contributed by atoms with van der Waals surface area (Å²) in [5.41, 5.74) is -1.07. The number of benzene rings is 1. The summed E-state index contributed by atoms with van der Waals surface area (Å²) in [5.74, 6) is -2.03. The quantitative estimate of drug-likeness (QED) is 0.0594. The minimum Gasteiger partial charge on any atom is -0.495 e. The van der Waals surface area contributed by atoms with Crippen LogP contribution in [0.25, 0.3) is 0 Å². The molecule has 2 fully saturated rings. The van der Waals surface area contributed by atoms with E-state index in [1.165, 1.54) is 43.2 Å². The zero-order valence-corrected chi connectivity index (χ0v) is 43.3. The summed E-state index contributed by atoms with van der Waals surface area (Å²) >= 11 is 6.81. The van der Waals surface area contributed by atoms with Gasteiger partial charge in [0.2, 0.25) is 17.7 Å². The van der Waals surface area contributed by atoms with Crippen LogP contribution in [0.2, 0.25) is 5.02 Å². The number of nitrogens with zero attached hydrogens (tertiary/aromatic N) is 3. The average molecular weight is 1020 g/mol. The SMILES string of the molecule is COc1cc2cc(c1Cl)N(C)C(=O)C[C@H](OC(=O)[C@H](C)N(C)C(=O)CCC(C)(C)SSCCCC(=O)NCCN1C(=O)C=CC1=O)[C@]1(C)O[C@H]1[C@H](C)[C@@H]1C[C@@](O)(NC(=O)O1)[C@H](OC)/C=C/C=C(\C)C2. The number of hydrogen-bond donors (Lipinski definition) is 3. The highest BCUT2D eigenvalue weighted by molar-refractivity contribution is 8.77. The number of esters is 1. The standard InChI is InChI=1S/C48H66ClN5O13S2/c1-28-13-11-14-35(64-10)48(62)27-34(65-45(61)51-48)29(2)43-47(6,67-43)36(26-41(59)53(8)32-24-31(23-28)25-33(63-9)42(32)49)66-44(60)30(3)52(7)38(56)18-19-46(4,5)69-68-22-12-15-37(55)50-20-21-54-39(57)16-17-40(54)58/h11,13-14,16-17,24-25,29-30,34-36,43,62H,12,15,18-23,26-27H2,1-10H3,(H,50,55)(H,51,61)/b14-11+,28-13+/t29-,30+,34+,35-,36+,43+,47+,48+/m1/s1. The van der Waals surface area contributed by atoms with Gasteiger partial charge >= 0.3 is 12.1 Å². The maximum atomic E-state index is 14.3. The number of nitrogens with one attached hydrogen (secondary N) is 2. The summed E-state index contributed by atoms with van der Waals surface area (Å²) in [5, 5.41) is 17.3. The van der Waals surface area contributed by atoms with E-state index in [1.54, 1.807) is 73.7 Å². The molecule has 1 aromatic rings. The van der Waals surface area contributed by atoms with Gasteiger partial charge in [0.25, 0.3) is 11.8 Å². The normalized spacial score (nSPS) is 27.9. The molecule has 0 unspecified atom stereocenters. The van der Waals surface area contributed by atoms with Crippen molar-refractivity contribution in [3.05, 3.63) is 58.7 Å². The Balaban J connectivity index is 1.24. The van der Waals surface area contributed by atoms with Gasteiger partial charge in [-0.15, -0.1) is 0 Å². The molecule has 4 bridgehead atoms. The summed E-state index contributed by atoms with van der Waals surface area (Å²) in [4.78, 5) is 94.4. The highest BCUT2D eigenvalue weighted by atomic mass is 35.5. The van der Waals surface area contributed by atoms with Crippen LogP contribution in [-0.2, 0) is 54.1 Å². The predicted molar refractivity (Wildman–Crippen MR) is 262 cm³/mol. The van der Waals surface area contributed by atoms with Crippen molar-refractivity contribution in [3.63, 3.8) is 0 Å². The summed E-state index contributed by atoms with van der Waals surface area (Å²) in [7, 11) is 9.17. The number of anilines is 1. The second kappa shape index (κ2) is 23.5. The number of fused-ring (bicyclic) bond motifs is 5. The monoisotopic (exact) mass is 1020 g/mol. The number of ether oxygens (including phenoxy) is 5. The fourth-order valence-corrected chi connectivity index (χ4v) is 11.4. The van der Waals surface area contributed by atoms with Crippen LogP contribution < -0.4 is 20.3 Å². The molecule has 1 aromatic carbocycles. The van der Waals surface area contributed by atoms with Gasteiger partial charge in [-0.05, 0) is 71.6 Å². The Morgan fingerprint density at radius 2 is 1.83 bits per heavy atom. The molecule has 8 atom stereocenters. The predicted octanol–water partition coefficient (Wildman–Crippen LogP) is 5.28. The van der Waals surface area contributed by atoms with Gasteiger partial charge in [0.1, 0.15) is 40.7 Å². The van der Waals surface area contributed by atoms with Crippen LogP contribution in [0.15, 0.2) is 48.1 Å². The molecular weight excluding hydrogens is 954 g/mol. The molecule has 21 heteroatoms. The molecule has 2 saturated heterocycles. The number of methoxy groups -OCH3 is 2. The van der Waals surface area contributed by atoms with Crippen LogP contribution in [0, 0.1) is 5.92 Å². The Labute approximate surface area is 416 Å². The molecule has 5 rings (SSSR count). The lowest BCUT2D eigenvalue weighted by Crippen LogP contribution is -2.63. The van der Waals surface area contributed by atoms with Crippen molar-refractivity contribution in [1.29, 1.82) is 0 Å². The Bertz CT molecular complexity index is 2210.